The van der Waals surface area contributed by atoms with Crippen LogP contribution in [0.1, 0.15) is 30.3 Å². The molecule has 106 valence electrons. The molecule has 1 aliphatic rings. The van der Waals surface area contributed by atoms with Crippen LogP contribution in [0.4, 0.5) is 5.82 Å². The Hall–Kier alpha value is -2.43. The molecule has 4 rings (SSSR count). The van der Waals surface area contributed by atoms with Crippen LogP contribution in [0.3, 0.4) is 0 Å². The van der Waals surface area contributed by atoms with Crippen LogP contribution in [0.2, 0.25) is 0 Å². The minimum atomic E-state index is 0.319. The van der Waals surface area contributed by atoms with E-state index in [9.17, 15) is 0 Å². The molecule has 3 heterocycles. The number of aromatic nitrogens is 4. The lowest BCUT2D eigenvalue weighted by Gasteiger charge is -2.25. The largest absolute Gasteiger partial charge is 0.371 e. The lowest BCUT2D eigenvalue weighted by molar-refractivity contribution is 0.459. The second-order valence-corrected chi connectivity index (χ2v) is 5.36. The molecular formula is C16H17N5. The molecule has 3 aromatic rings. The Labute approximate surface area is 123 Å². The van der Waals surface area contributed by atoms with Gasteiger partial charge in [0.05, 0.1) is 6.04 Å². The number of aryl methyl sites for hydroxylation is 1. The molecule has 0 saturated carbocycles. The number of fused-ring (bicyclic) bond motifs is 3. The standard InChI is InChI=1S/C16H17N5/c1-17-15-14-16(19-10-18-15)21-12(8-5-9-13(21)20-14)11-6-3-2-4-7-11/h2-4,6-7,10,12H,5,8-9H2,1H3,(H,17,18,19). The second-order valence-electron chi connectivity index (χ2n) is 5.36. The van der Waals surface area contributed by atoms with Crippen molar-refractivity contribution in [3.63, 3.8) is 0 Å². The highest BCUT2D eigenvalue weighted by atomic mass is 15.2. The number of hydrogen-bond acceptors (Lipinski definition) is 4. The summed E-state index contributed by atoms with van der Waals surface area (Å²) in [4.78, 5) is 13.5. The lowest BCUT2D eigenvalue weighted by Crippen LogP contribution is -2.19. The number of benzene rings is 1. The van der Waals surface area contributed by atoms with Crippen molar-refractivity contribution < 1.29 is 0 Å². The van der Waals surface area contributed by atoms with Crippen LogP contribution in [0.5, 0.6) is 0 Å². The summed E-state index contributed by atoms with van der Waals surface area (Å²) in [6.07, 6.45) is 4.90. The first-order valence-electron chi connectivity index (χ1n) is 7.33. The molecular weight excluding hydrogens is 262 g/mol. The van der Waals surface area contributed by atoms with Gasteiger partial charge in [-0.15, -0.1) is 0 Å². The van der Waals surface area contributed by atoms with Crippen molar-refractivity contribution >= 4 is 17.0 Å². The van der Waals surface area contributed by atoms with Crippen LogP contribution in [0.15, 0.2) is 36.7 Å². The first kappa shape index (κ1) is 12.3. The molecule has 21 heavy (non-hydrogen) atoms. The van der Waals surface area contributed by atoms with E-state index >= 15 is 0 Å². The SMILES string of the molecule is CNc1ncnc2c1nc1n2C(c2ccccc2)CCC1. The van der Waals surface area contributed by atoms with Crippen molar-refractivity contribution in [2.75, 3.05) is 12.4 Å². The molecule has 0 saturated heterocycles. The number of nitrogens with one attached hydrogen (secondary N) is 1. The maximum atomic E-state index is 4.78. The summed E-state index contributed by atoms with van der Waals surface area (Å²) in [6, 6.07) is 10.9. The van der Waals surface area contributed by atoms with E-state index in [2.05, 4.69) is 50.2 Å². The molecule has 1 aliphatic heterocycles. The molecule has 0 bridgehead atoms. The monoisotopic (exact) mass is 279 g/mol. The normalized spacial score (nSPS) is 17.7. The molecule has 5 nitrogen and oxygen atoms in total. The Morgan fingerprint density at radius 3 is 2.86 bits per heavy atom. The van der Waals surface area contributed by atoms with Crippen LogP contribution >= 0.6 is 0 Å². The summed E-state index contributed by atoms with van der Waals surface area (Å²) >= 11 is 0. The van der Waals surface area contributed by atoms with Crippen molar-refractivity contribution in [3.05, 3.63) is 48.0 Å². The third-order valence-corrected chi connectivity index (χ3v) is 4.16. The molecule has 1 N–H and O–H groups in total. The van der Waals surface area contributed by atoms with E-state index in [4.69, 9.17) is 4.98 Å². The van der Waals surface area contributed by atoms with Gasteiger partial charge in [-0.2, -0.15) is 0 Å². The number of anilines is 1. The fourth-order valence-electron chi connectivity index (χ4n) is 3.21. The van der Waals surface area contributed by atoms with Gasteiger partial charge < -0.3 is 9.88 Å². The summed E-state index contributed by atoms with van der Waals surface area (Å²) in [7, 11) is 1.87. The zero-order valence-corrected chi connectivity index (χ0v) is 12.0. The summed E-state index contributed by atoms with van der Waals surface area (Å²) in [5.41, 5.74) is 3.12. The van der Waals surface area contributed by atoms with E-state index in [1.807, 2.05) is 7.05 Å². The van der Waals surface area contributed by atoms with Crippen molar-refractivity contribution in [2.45, 2.75) is 25.3 Å². The lowest BCUT2D eigenvalue weighted by atomic mass is 9.97. The second kappa shape index (κ2) is 4.84. The molecule has 1 unspecified atom stereocenters. The number of rotatable bonds is 2. The molecule has 1 aromatic carbocycles. The summed E-state index contributed by atoms with van der Waals surface area (Å²) in [5, 5.41) is 3.11. The molecule has 0 spiro atoms. The molecule has 1 atom stereocenters. The zero-order chi connectivity index (χ0) is 14.2. The van der Waals surface area contributed by atoms with Gasteiger partial charge >= 0.3 is 0 Å². The van der Waals surface area contributed by atoms with Crippen LogP contribution < -0.4 is 5.32 Å². The van der Waals surface area contributed by atoms with E-state index in [-0.39, 0.29) is 0 Å². The van der Waals surface area contributed by atoms with Gasteiger partial charge in [-0.1, -0.05) is 30.3 Å². The predicted octanol–water partition coefficient (Wildman–Crippen LogP) is 2.79. The van der Waals surface area contributed by atoms with E-state index in [1.54, 1.807) is 6.33 Å². The van der Waals surface area contributed by atoms with Gasteiger partial charge in [-0.05, 0) is 18.4 Å². The quantitative estimate of drug-likeness (QED) is 0.783. The molecule has 0 amide bonds. The first-order chi connectivity index (χ1) is 10.4. The van der Waals surface area contributed by atoms with Crippen LogP contribution in [-0.2, 0) is 6.42 Å². The molecule has 0 fully saturated rings. The molecule has 0 aliphatic carbocycles. The Morgan fingerprint density at radius 2 is 2.05 bits per heavy atom. The van der Waals surface area contributed by atoms with Crippen molar-refractivity contribution in [1.82, 2.24) is 19.5 Å². The summed E-state index contributed by atoms with van der Waals surface area (Å²) in [6.45, 7) is 0. The fraction of sp³-hybridized carbons (Fsp3) is 0.312. The number of hydrogen-bond donors (Lipinski definition) is 1. The maximum absolute atomic E-state index is 4.78. The highest BCUT2D eigenvalue weighted by Crippen LogP contribution is 2.34. The molecule has 5 heteroatoms. The Kier molecular flexibility index (Phi) is 2.84. The van der Waals surface area contributed by atoms with Crippen LogP contribution in [0, 0.1) is 0 Å². The van der Waals surface area contributed by atoms with E-state index in [1.165, 1.54) is 5.56 Å². The van der Waals surface area contributed by atoms with Gasteiger partial charge in [-0.3, -0.25) is 0 Å². The van der Waals surface area contributed by atoms with Gasteiger partial charge in [0.25, 0.3) is 0 Å². The third kappa shape index (κ3) is 1.88. The molecule has 0 radical (unpaired) electrons. The van der Waals surface area contributed by atoms with E-state index in [0.717, 1.165) is 42.1 Å². The van der Waals surface area contributed by atoms with Crippen molar-refractivity contribution in [2.24, 2.45) is 0 Å². The maximum Gasteiger partial charge on any atom is 0.166 e. The number of imidazole rings is 1. The highest BCUT2D eigenvalue weighted by Gasteiger charge is 2.26. The van der Waals surface area contributed by atoms with Crippen LogP contribution in [-0.4, -0.2) is 26.6 Å². The van der Waals surface area contributed by atoms with Gasteiger partial charge in [0.1, 0.15) is 12.2 Å². The van der Waals surface area contributed by atoms with E-state index in [0.29, 0.717) is 6.04 Å². The third-order valence-electron chi connectivity index (χ3n) is 4.16. The van der Waals surface area contributed by atoms with Gasteiger partial charge in [0, 0.05) is 13.5 Å². The Balaban J connectivity index is 1.95. The Morgan fingerprint density at radius 1 is 1.19 bits per heavy atom. The van der Waals surface area contributed by atoms with E-state index < -0.39 is 0 Å². The topological polar surface area (TPSA) is 55.6 Å². The summed E-state index contributed by atoms with van der Waals surface area (Å²) < 4.78 is 2.29. The predicted molar refractivity (Wildman–Crippen MR) is 82.4 cm³/mol. The minimum absolute atomic E-state index is 0.319. The minimum Gasteiger partial charge on any atom is -0.371 e. The smallest absolute Gasteiger partial charge is 0.166 e. The average Bonchev–Trinajstić information content (AvgIpc) is 2.94. The van der Waals surface area contributed by atoms with Gasteiger partial charge in [0.15, 0.2) is 17.0 Å². The Bertz CT molecular complexity index is 778. The number of nitrogens with zero attached hydrogens (tertiary/aromatic N) is 4. The first-order valence-corrected chi connectivity index (χ1v) is 7.33. The van der Waals surface area contributed by atoms with Gasteiger partial charge in [-0.25, -0.2) is 15.0 Å². The summed E-state index contributed by atoms with van der Waals surface area (Å²) in [5.74, 6) is 1.91. The molecule has 2 aromatic heterocycles. The average molecular weight is 279 g/mol. The zero-order valence-electron chi connectivity index (χ0n) is 12.0. The van der Waals surface area contributed by atoms with Crippen LogP contribution in [0.25, 0.3) is 11.2 Å². The fourth-order valence-corrected chi connectivity index (χ4v) is 3.21. The van der Waals surface area contributed by atoms with Crippen molar-refractivity contribution in [3.8, 4) is 0 Å². The highest BCUT2D eigenvalue weighted by molar-refractivity contribution is 5.83. The van der Waals surface area contributed by atoms with Crippen molar-refractivity contribution in [1.29, 1.82) is 0 Å². The van der Waals surface area contributed by atoms with Gasteiger partial charge in [0.2, 0.25) is 0 Å².